The van der Waals surface area contributed by atoms with Crippen molar-refractivity contribution in [3.8, 4) is 0 Å². The maximum atomic E-state index is 10.0. The van der Waals surface area contributed by atoms with Gasteiger partial charge in [-0.2, -0.15) is 0 Å². The highest BCUT2D eigenvalue weighted by atomic mass is 16.5. The Bertz CT molecular complexity index is 425. The van der Waals surface area contributed by atoms with Crippen molar-refractivity contribution >= 4 is 5.69 Å². The fraction of sp³-hybridized carbons (Fsp3) is 0.625. The highest BCUT2D eigenvalue weighted by molar-refractivity contribution is 5.54. The molecular weight excluding hydrogens is 252 g/mol. The number of anilines is 1. The maximum absolute atomic E-state index is 10.0. The topological polar surface area (TPSA) is 35.9 Å². The number of benzene rings is 1. The van der Waals surface area contributed by atoms with Crippen LogP contribution in [0, 0.1) is 0 Å². The summed E-state index contributed by atoms with van der Waals surface area (Å²) in [5, 5.41) is 10.0. The fourth-order valence-electron chi connectivity index (χ4n) is 3.01. The third-order valence-corrected chi connectivity index (χ3v) is 4.05. The summed E-state index contributed by atoms with van der Waals surface area (Å²) >= 11 is 0. The molecule has 4 heteroatoms. The lowest BCUT2D eigenvalue weighted by Gasteiger charge is -2.32. The molecule has 0 saturated carbocycles. The molecule has 1 aromatic carbocycles. The van der Waals surface area contributed by atoms with E-state index in [-0.39, 0.29) is 0 Å². The quantitative estimate of drug-likeness (QED) is 0.890. The second kappa shape index (κ2) is 7.07. The van der Waals surface area contributed by atoms with E-state index < -0.39 is 6.10 Å². The highest BCUT2D eigenvalue weighted by Gasteiger charge is 2.26. The maximum Gasteiger partial charge on any atom is 0.0900 e. The number of hydrogen-bond donors (Lipinski definition) is 1. The molecule has 0 bridgehead atoms. The zero-order valence-electron chi connectivity index (χ0n) is 12.7. The van der Waals surface area contributed by atoms with Gasteiger partial charge in [0.15, 0.2) is 0 Å². The third-order valence-electron chi connectivity index (χ3n) is 4.05. The summed E-state index contributed by atoms with van der Waals surface area (Å²) in [4.78, 5) is 4.71. The van der Waals surface area contributed by atoms with Gasteiger partial charge in [-0.15, -0.1) is 0 Å². The van der Waals surface area contributed by atoms with Crippen LogP contribution in [0.1, 0.15) is 18.9 Å². The average molecular weight is 278 g/mol. The van der Waals surface area contributed by atoms with E-state index in [0.29, 0.717) is 19.2 Å². The molecule has 1 heterocycles. The number of rotatable bonds is 5. The Hall–Kier alpha value is -1.10. The summed E-state index contributed by atoms with van der Waals surface area (Å²) in [5.41, 5.74) is 2.63. The standard InChI is InChI=1S/C16H26N2O2/c1-4-14-10-17(2)16-8-6-5-7-13(16)9-18(14)11-15(19)12-20-3/h5-8,14-15,19H,4,9-12H2,1-3H3/t14-,15+/m0/s1. The van der Waals surface area contributed by atoms with E-state index in [2.05, 4.69) is 48.0 Å². The molecule has 1 aliphatic heterocycles. The van der Waals surface area contributed by atoms with Gasteiger partial charge in [0.05, 0.1) is 12.7 Å². The van der Waals surface area contributed by atoms with Crippen LogP contribution in [0.3, 0.4) is 0 Å². The van der Waals surface area contributed by atoms with Crippen molar-refractivity contribution in [2.45, 2.75) is 32.0 Å². The van der Waals surface area contributed by atoms with Gasteiger partial charge in [0.2, 0.25) is 0 Å². The molecule has 112 valence electrons. The van der Waals surface area contributed by atoms with Crippen molar-refractivity contribution in [2.75, 3.05) is 38.8 Å². The minimum Gasteiger partial charge on any atom is -0.389 e. The van der Waals surface area contributed by atoms with Crippen LogP contribution in [-0.4, -0.2) is 56.0 Å². The zero-order valence-corrected chi connectivity index (χ0v) is 12.7. The van der Waals surface area contributed by atoms with Crippen molar-refractivity contribution in [3.05, 3.63) is 29.8 Å². The van der Waals surface area contributed by atoms with Gasteiger partial charge in [0, 0.05) is 45.5 Å². The summed E-state index contributed by atoms with van der Waals surface area (Å²) in [7, 11) is 3.78. The lowest BCUT2D eigenvalue weighted by Crippen LogP contribution is -2.44. The van der Waals surface area contributed by atoms with Crippen molar-refractivity contribution in [3.63, 3.8) is 0 Å². The molecule has 4 nitrogen and oxygen atoms in total. The van der Waals surface area contributed by atoms with Crippen molar-refractivity contribution in [1.82, 2.24) is 4.90 Å². The Kier molecular flexibility index (Phi) is 5.40. The van der Waals surface area contributed by atoms with E-state index in [1.807, 2.05) is 0 Å². The molecule has 0 amide bonds. The smallest absolute Gasteiger partial charge is 0.0900 e. The molecule has 0 unspecified atom stereocenters. The van der Waals surface area contributed by atoms with Gasteiger partial charge in [-0.25, -0.2) is 0 Å². The number of likely N-dealkylation sites (N-methyl/N-ethyl adjacent to an activating group) is 1. The molecule has 1 N–H and O–H groups in total. The first kappa shape index (κ1) is 15.3. The highest BCUT2D eigenvalue weighted by Crippen LogP contribution is 2.27. The second-order valence-corrected chi connectivity index (χ2v) is 5.61. The van der Waals surface area contributed by atoms with Crippen molar-refractivity contribution in [2.24, 2.45) is 0 Å². The monoisotopic (exact) mass is 278 g/mol. The van der Waals surface area contributed by atoms with Gasteiger partial charge in [-0.1, -0.05) is 25.1 Å². The first-order chi connectivity index (χ1) is 9.65. The average Bonchev–Trinajstić information content (AvgIpc) is 2.57. The largest absolute Gasteiger partial charge is 0.389 e. The number of ether oxygens (including phenoxy) is 1. The minimum absolute atomic E-state index is 0.393. The molecule has 2 rings (SSSR count). The number of para-hydroxylation sites is 1. The summed E-state index contributed by atoms with van der Waals surface area (Å²) in [6, 6.07) is 8.99. The Morgan fingerprint density at radius 1 is 1.40 bits per heavy atom. The molecule has 20 heavy (non-hydrogen) atoms. The lowest BCUT2D eigenvalue weighted by atomic mass is 10.1. The van der Waals surface area contributed by atoms with Crippen molar-refractivity contribution in [1.29, 1.82) is 0 Å². The number of fused-ring (bicyclic) bond motifs is 1. The molecular formula is C16H26N2O2. The number of nitrogens with zero attached hydrogens (tertiary/aromatic N) is 2. The molecule has 2 atom stereocenters. The minimum atomic E-state index is -0.426. The summed E-state index contributed by atoms with van der Waals surface area (Å²) in [5.74, 6) is 0. The molecule has 0 aromatic heterocycles. The van der Waals surface area contributed by atoms with Crippen LogP contribution in [0.25, 0.3) is 0 Å². The van der Waals surface area contributed by atoms with E-state index in [0.717, 1.165) is 19.5 Å². The Labute approximate surface area is 122 Å². The van der Waals surface area contributed by atoms with Crippen LogP contribution < -0.4 is 4.90 Å². The molecule has 0 radical (unpaired) electrons. The number of hydrogen-bond acceptors (Lipinski definition) is 4. The summed E-state index contributed by atoms with van der Waals surface area (Å²) in [6.45, 7) is 5.15. The number of aliphatic hydroxyl groups excluding tert-OH is 1. The predicted octanol–water partition coefficient (Wildman–Crippen LogP) is 1.72. The third kappa shape index (κ3) is 3.51. The van der Waals surface area contributed by atoms with E-state index in [1.54, 1.807) is 7.11 Å². The second-order valence-electron chi connectivity index (χ2n) is 5.61. The van der Waals surface area contributed by atoms with E-state index in [9.17, 15) is 5.11 Å². The molecule has 0 aliphatic carbocycles. The fourth-order valence-corrected chi connectivity index (χ4v) is 3.01. The normalized spacial score (nSPS) is 21.4. The van der Waals surface area contributed by atoms with Gasteiger partial charge in [-0.05, 0) is 18.1 Å². The van der Waals surface area contributed by atoms with Gasteiger partial charge in [-0.3, -0.25) is 4.90 Å². The number of β-amino-alcohol motifs (C(OH)–C–C–N with tert-alkyl or cyclic N) is 1. The predicted molar refractivity (Wildman–Crippen MR) is 82.1 cm³/mol. The van der Waals surface area contributed by atoms with E-state index in [1.165, 1.54) is 11.3 Å². The zero-order chi connectivity index (χ0) is 14.5. The molecule has 1 aromatic rings. The van der Waals surface area contributed by atoms with Gasteiger partial charge >= 0.3 is 0 Å². The molecule has 0 saturated heterocycles. The summed E-state index contributed by atoms with van der Waals surface area (Å²) < 4.78 is 5.05. The van der Waals surface area contributed by atoms with Gasteiger partial charge < -0.3 is 14.7 Å². The van der Waals surface area contributed by atoms with Gasteiger partial charge in [0.25, 0.3) is 0 Å². The first-order valence-electron chi connectivity index (χ1n) is 7.35. The van der Waals surface area contributed by atoms with Crippen LogP contribution in [0.15, 0.2) is 24.3 Å². The molecule has 0 fully saturated rings. The van der Waals surface area contributed by atoms with Crippen molar-refractivity contribution < 1.29 is 9.84 Å². The lowest BCUT2D eigenvalue weighted by molar-refractivity contribution is 0.0250. The van der Waals surface area contributed by atoms with Crippen LogP contribution in [0.4, 0.5) is 5.69 Å². The van der Waals surface area contributed by atoms with Crippen LogP contribution in [-0.2, 0) is 11.3 Å². The Balaban J connectivity index is 2.18. The molecule has 0 spiro atoms. The summed E-state index contributed by atoms with van der Waals surface area (Å²) in [6.07, 6.45) is 0.655. The van der Waals surface area contributed by atoms with E-state index >= 15 is 0 Å². The van der Waals surface area contributed by atoms with Crippen LogP contribution in [0.5, 0.6) is 0 Å². The first-order valence-corrected chi connectivity index (χ1v) is 7.35. The van der Waals surface area contributed by atoms with Gasteiger partial charge in [0.1, 0.15) is 0 Å². The Morgan fingerprint density at radius 3 is 2.85 bits per heavy atom. The van der Waals surface area contributed by atoms with Crippen LogP contribution >= 0.6 is 0 Å². The number of methoxy groups -OCH3 is 1. The molecule has 1 aliphatic rings. The van der Waals surface area contributed by atoms with Crippen LogP contribution in [0.2, 0.25) is 0 Å². The SMILES string of the molecule is CC[C@H]1CN(C)c2ccccc2CN1C[C@@H](O)COC. The number of aliphatic hydroxyl groups is 1. The van der Waals surface area contributed by atoms with E-state index in [4.69, 9.17) is 4.74 Å². The Morgan fingerprint density at radius 2 is 2.15 bits per heavy atom.